The van der Waals surface area contributed by atoms with Crippen LogP contribution in [0.4, 0.5) is 4.39 Å². The third-order valence-electron chi connectivity index (χ3n) is 2.71. The molecule has 1 rings (SSSR count). The van der Waals surface area contributed by atoms with Gasteiger partial charge in [-0.2, -0.15) is 0 Å². The molecule has 0 aliphatic heterocycles. The number of rotatable bonds is 8. The van der Waals surface area contributed by atoms with E-state index in [0.717, 1.165) is 12.1 Å². The van der Waals surface area contributed by atoms with Crippen LogP contribution < -0.4 is 15.4 Å². The minimum absolute atomic E-state index is 0.0585. The first-order chi connectivity index (χ1) is 10.4. The van der Waals surface area contributed by atoms with Gasteiger partial charge in [0, 0.05) is 19.1 Å². The highest BCUT2D eigenvalue weighted by Gasteiger charge is 2.15. The Morgan fingerprint density at radius 1 is 1.27 bits per heavy atom. The fourth-order valence-corrected chi connectivity index (χ4v) is 1.65. The molecule has 6 nitrogen and oxygen atoms in total. The highest BCUT2D eigenvalue weighted by molar-refractivity contribution is 5.92. The van der Waals surface area contributed by atoms with Crippen LogP contribution in [0.25, 0.3) is 0 Å². The van der Waals surface area contributed by atoms with Gasteiger partial charge in [0.15, 0.2) is 6.61 Å². The zero-order chi connectivity index (χ0) is 16.5. The Kier molecular flexibility index (Phi) is 7.31. The van der Waals surface area contributed by atoms with Gasteiger partial charge in [-0.15, -0.1) is 0 Å². The summed E-state index contributed by atoms with van der Waals surface area (Å²) >= 11 is 0. The van der Waals surface area contributed by atoms with Crippen molar-refractivity contribution in [2.24, 2.45) is 0 Å². The highest BCUT2D eigenvalue weighted by Crippen LogP contribution is 2.20. The molecule has 0 radical (unpaired) electrons. The lowest BCUT2D eigenvalue weighted by Gasteiger charge is -2.11. The van der Waals surface area contributed by atoms with Crippen molar-refractivity contribution in [3.8, 4) is 5.75 Å². The fourth-order valence-electron chi connectivity index (χ4n) is 1.65. The van der Waals surface area contributed by atoms with Crippen molar-refractivity contribution in [3.05, 3.63) is 29.6 Å². The summed E-state index contributed by atoms with van der Waals surface area (Å²) in [5.74, 6) is -1.54. The summed E-state index contributed by atoms with van der Waals surface area (Å²) in [7, 11) is 1.19. The second kappa shape index (κ2) is 8.99. The zero-order valence-electron chi connectivity index (χ0n) is 12.9. The molecule has 0 spiro atoms. The molecule has 122 valence electrons. The van der Waals surface area contributed by atoms with E-state index in [1.807, 2.05) is 13.8 Å². The zero-order valence-corrected chi connectivity index (χ0v) is 12.9. The number of hydrogen-bond donors (Lipinski definition) is 2. The lowest BCUT2D eigenvalue weighted by Crippen LogP contribution is -2.36. The fraction of sp³-hybridized carbons (Fsp3) is 0.467. The maximum absolute atomic E-state index is 13.2. The summed E-state index contributed by atoms with van der Waals surface area (Å²) in [4.78, 5) is 23.2. The SMILES string of the molecule is COC(=O)c1cc(F)ccc1OCC(=O)NCCNC(C)C. The number of carbonyl (C=O) groups is 2. The average Bonchev–Trinajstić information content (AvgIpc) is 2.49. The molecule has 1 amide bonds. The van der Waals surface area contributed by atoms with Gasteiger partial charge in [-0.1, -0.05) is 13.8 Å². The van der Waals surface area contributed by atoms with E-state index in [0.29, 0.717) is 19.1 Å². The van der Waals surface area contributed by atoms with Crippen LogP contribution in [0.5, 0.6) is 5.75 Å². The standard InChI is InChI=1S/C15H21FN2O4/c1-10(2)17-6-7-18-14(19)9-22-13-5-4-11(16)8-12(13)15(20)21-3/h4-5,8,10,17H,6-7,9H2,1-3H3,(H,18,19). The Morgan fingerprint density at radius 3 is 2.64 bits per heavy atom. The summed E-state index contributed by atoms with van der Waals surface area (Å²) in [5, 5.41) is 5.82. The molecule has 0 fully saturated rings. The van der Waals surface area contributed by atoms with E-state index in [2.05, 4.69) is 15.4 Å². The maximum atomic E-state index is 13.2. The Hall–Kier alpha value is -2.15. The molecule has 0 bridgehead atoms. The smallest absolute Gasteiger partial charge is 0.341 e. The predicted molar refractivity (Wildman–Crippen MR) is 79.4 cm³/mol. The van der Waals surface area contributed by atoms with E-state index in [9.17, 15) is 14.0 Å². The van der Waals surface area contributed by atoms with Gasteiger partial charge in [0.2, 0.25) is 0 Å². The van der Waals surface area contributed by atoms with Crippen molar-refractivity contribution in [2.45, 2.75) is 19.9 Å². The Balaban J connectivity index is 2.50. The molecule has 1 aromatic rings. The topological polar surface area (TPSA) is 76.7 Å². The minimum atomic E-state index is -0.726. The van der Waals surface area contributed by atoms with Crippen molar-refractivity contribution in [2.75, 3.05) is 26.8 Å². The van der Waals surface area contributed by atoms with E-state index in [-0.39, 0.29) is 23.8 Å². The van der Waals surface area contributed by atoms with Crippen molar-refractivity contribution < 1.29 is 23.5 Å². The average molecular weight is 312 g/mol. The number of hydrogen-bond acceptors (Lipinski definition) is 5. The van der Waals surface area contributed by atoms with E-state index < -0.39 is 11.8 Å². The van der Waals surface area contributed by atoms with Gasteiger partial charge in [-0.05, 0) is 18.2 Å². The molecule has 0 atom stereocenters. The second-order valence-corrected chi connectivity index (χ2v) is 4.88. The minimum Gasteiger partial charge on any atom is -0.483 e. The number of esters is 1. The third kappa shape index (κ3) is 6.09. The quantitative estimate of drug-likeness (QED) is 0.555. The van der Waals surface area contributed by atoms with E-state index in [4.69, 9.17) is 4.74 Å². The Morgan fingerprint density at radius 2 is 2.00 bits per heavy atom. The molecule has 2 N–H and O–H groups in total. The molecule has 0 aliphatic rings. The van der Waals surface area contributed by atoms with Crippen molar-refractivity contribution in [1.29, 1.82) is 0 Å². The van der Waals surface area contributed by atoms with Gasteiger partial charge in [0.1, 0.15) is 17.1 Å². The molecule has 22 heavy (non-hydrogen) atoms. The van der Waals surface area contributed by atoms with Gasteiger partial charge in [-0.25, -0.2) is 9.18 Å². The molecule has 0 heterocycles. The third-order valence-corrected chi connectivity index (χ3v) is 2.71. The van der Waals surface area contributed by atoms with Gasteiger partial charge in [0.25, 0.3) is 5.91 Å². The predicted octanol–water partition coefficient (Wildman–Crippen LogP) is 1.11. The van der Waals surface area contributed by atoms with Crippen LogP contribution >= 0.6 is 0 Å². The summed E-state index contributed by atoms with van der Waals surface area (Å²) < 4.78 is 23.0. The van der Waals surface area contributed by atoms with Crippen LogP contribution in [0.2, 0.25) is 0 Å². The lowest BCUT2D eigenvalue weighted by molar-refractivity contribution is -0.123. The van der Waals surface area contributed by atoms with Crippen LogP contribution in [0.1, 0.15) is 24.2 Å². The van der Waals surface area contributed by atoms with Crippen LogP contribution in [0, 0.1) is 5.82 Å². The highest BCUT2D eigenvalue weighted by atomic mass is 19.1. The molecule has 0 aromatic heterocycles. The van der Waals surface area contributed by atoms with Crippen molar-refractivity contribution in [1.82, 2.24) is 10.6 Å². The summed E-state index contributed by atoms with van der Waals surface area (Å²) in [6.45, 7) is 4.86. The van der Waals surface area contributed by atoms with Crippen LogP contribution in [0.15, 0.2) is 18.2 Å². The molecule has 0 aliphatic carbocycles. The van der Waals surface area contributed by atoms with E-state index >= 15 is 0 Å². The van der Waals surface area contributed by atoms with Gasteiger partial charge in [-0.3, -0.25) is 4.79 Å². The lowest BCUT2D eigenvalue weighted by atomic mass is 10.2. The first kappa shape index (κ1) is 17.9. The monoisotopic (exact) mass is 312 g/mol. The van der Waals surface area contributed by atoms with Gasteiger partial charge < -0.3 is 20.1 Å². The normalized spacial score (nSPS) is 10.4. The number of amides is 1. The van der Waals surface area contributed by atoms with Crippen molar-refractivity contribution in [3.63, 3.8) is 0 Å². The molecular formula is C15H21FN2O4. The number of methoxy groups -OCH3 is 1. The van der Waals surface area contributed by atoms with E-state index in [1.165, 1.54) is 13.2 Å². The molecule has 0 unspecified atom stereocenters. The van der Waals surface area contributed by atoms with Crippen LogP contribution in [-0.2, 0) is 9.53 Å². The van der Waals surface area contributed by atoms with Crippen LogP contribution in [0.3, 0.4) is 0 Å². The molecular weight excluding hydrogens is 291 g/mol. The summed E-state index contributed by atoms with van der Waals surface area (Å²) in [6.07, 6.45) is 0. The number of ether oxygens (including phenoxy) is 2. The summed E-state index contributed by atoms with van der Waals surface area (Å²) in [6, 6.07) is 3.78. The number of benzene rings is 1. The Labute approximate surface area is 129 Å². The maximum Gasteiger partial charge on any atom is 0.341 e. The van der Waals surface area contributed by atoms with Crippen molar-refractivity contribution >= 4 is 11.9 Å². The van der Waals surface area contributed by atoms with E-state index in [1.54, 1.807) is 0 Å². The Bertz CT molecular complexity index is 520. The molecule has 1 aromatic carbocycles. The molecule has 7 heteroatoms. The first-order valence-corrected chi connectivity index (χ1v) is 6.94. The van der Waals surface area contributed by atoms with Gasteiger partial charge in [0.05, 0.1) is 7.11 Å². The largest absolute Gasteiger partial charge is 0.483 e. The second-order valence-electron chi connectivity index (χ2n) is 4.88. The number of halogens is 1. The number of nitrogens with one attached hydrogen (secondary N) is 2. The molecule has 0 saturated carbocycles. The summed E-state index contributed by atoms with van der Waals surface area (Å²) in [5.41, 5.74) is -0.0585. The van der Waals surface area contributed by atoms with Crippen LogP contribution in [-0.4, -0.2) is 44.7 Å². The first-order valence-electron chi connectivity index (χ1n) is 6.94. The number of carbonyl (C=O) groups excluding carboxylic acids is 2. The molecule has 0 saturated heterocycles. The van der Waals surface area contributed by atoms with Gasteiger partial charge >= 0.3 is 5.97 Å².